The highest BCUT2D eigenvalue weighted by Gasteiger charge is 2.06. The number of ether oxygens (including phenoxy) is 1. The highest BCUT2D eigenvalue weighted by atomic mass is 16.5. The number of aryl methyl sites for hydroxylation is 1. The maximum atomic E-state index is 11.4. The van der Waals surface area contributed by atoms with Gasteiger partial charge in [-0.25, -0.2) is 0 Å². The Kier molecular flexibility index (Phi) is 5.49. The van der Waals surface area contributed by atoms with Crippen LogP contribution in [0.15, 0.2) is 24.3 Å². The first-order valence-electron chi connectivity index (χ1n) is 5.77. The molecule has 0 saturated carbocycles. The van der Waals surface area contributed by atoms with Crippen molar-refractivity contribution >= 4 is 5.91 Å². The van der Waals surface area contributed by atoms with Crippen LogP contribution in [0.3, 0.4) is 0 Å². The largest absolute Gasteiger partial charge is 0.484 e. The van der Waals surface area contributed by atoms with Gasteiger partial charge in [0.05, 0.1) is 6.61 Å². The van der Waals surface area contributed by atoms with Crippen molar-refractivity contribution in [1.82, 2.24) is 5.32 Å². The highest BCUT2D eigenvalue weighted by Crippen LogP contribution is 2.13. The van der Waals surface area contributed by atoms with Crippen molar-refractivity contribution in [3.05, 3.63) is 29.8 Å². The Hall–Kier alpha value is -1.55. The van der Waals surface area contributed by atoms with Gasteiger partial charge in [-0.05, 0) is 31.0 Å². The lowest BCUT2D eigenvalue weighted by Gasteiger charge is -2.11. The summed E-state index contributed by atoms with van der Waals surface area (Å²) >= 11 is 0. The lowest BCUT2D eigenvalue weighted by Crippen LogP contribution is -2.38. The fourth-order valence-corrected chi connectivity index (χ4v) is 1.37. The van der Waals surface area contributed by atoms with Gasteiger partial charge in [0.1, 0.15) is 5.75 Å². The van der Waals surface area contributed by atoms with Gasteiger partial charge in [-0.3, -0.25) is 4.79 Å². The monoisotopic (exact) mass is 237 g/mol. The Morgan fingerprint density at radius 1 is 1.53 bits per heavy atom. The predicted octanol–water partition coefficient (Wildman–Crippen LogP) is 1.12. The molecular weight excluding hydrogens is 218 g/mol. The van der Waals surface area contributed by atoms with Crippen LogP contribution in [0.4, 0.5) is 0 Å². The molecular formula is C13H19NO3. The van der Waals surface area contributed by atoms with E-state index < -0.39 is 0 Å². The normalized spacial score (nSPS) is 11.9. The second-order valence-electron chi connectivity index (χ2n) is 3.94. The van der Waals surface area contributed by atoms with E-state index in [1.54, 1.807) is 6.92 Å². The molecule has 1 aromatic rings. The van der Waals surface area contributed by atoms with E-state index in [1.807, 2.05) is 24.3 Å². The van der Waals surface area contributed by atoms with E-state index in [-0.39, 0.29) is 25.2 Å². The number of carbonyl (C=O) groups is 1. The predicted molar refractivity (Wildman–Crippen MR) is 66.0 cm³/mol. The molecule has 0 unspecified atom stereocenters. The van der Waals surface area contributed by atoms with E-state index in [2.05, 4.69) is 12.2 Å². The number of hydrogen-bond acceptors (Lipinski definition) is 3. The number of aliphatic hydroxyl groups excluding tert-OH is 1. The van der Waals surface area contributed by atoms with Crippen LogP contribution in [0.2, 0.25) is 0 Å². The van der Waals surface area contributed by atoms with Crippen molar-refractivity contribution in [3.8, 4) is 5.75 Å². The summed E-state index contributed by atoms with van der Waals surface area (Å²) in [6.07, 6.45) is 0.935. The first-order valence-corrected chi connectivity index (χ1v) is 5.77. The molecule has 0 aliphatic carbocycles. The Labute approximate surface area is 102 Å². The SMILES string of the molecule is CCc1cccc(OCC(=O)N[C@H](C)CO)c1. The summed E-state index contributed by atoms with van der Waals surface area (Å²) in [5.74, 6) is 0.463. The molecule has 1 rings (SSSR count). The average Bonchev–Trinajstić information content (AvgIpc) is 2.36. The lowest BCUT2D eigenvalue weighted by atomic mass is 10.2. The smallest absolute Gasteiger partial charge is 0.258 e. The maximum Gasteiger partial charge on any atom is 0.258 e. The summed E-state index contributed by atoms with van der Waals surface area (Å²) in [4.78, 5) is 11.4. The van der Waals surface area contributed by atoms with Gasteiger partial charge >= 0.3 is 0 Å². The van der Waals surface area contributed by atoms with E-state index in [0.717, 1.165) is 6.42 Å². The number of nitrogens with one attached hydrogen (secondary N) is 1. The van der Waals surface area contributed by atoms with E-state index in [4.69, 9.17) is 9.84 Å². The Morgan fingerprint density at radius 2 is 2.29 bits per heavy atom. The molecule has 0 aliphatic rings. The van der Waals surface area contributed by atoms with Gasteiger partial charge in [0.15, 0.2) is 6.61 Å². The number of amides is 1. The zero-order valence-corrected chi connectivity index (χ0v) is 10.3. The molecule has 17 heavy (non-hydrogen) atoms. The van der Waals surface area contributed by atoms with Crippen LogP contribution in [-0.2, 0) is 11.2 Å². The lowest BCUT2D eigenvalue weighted by molar-refractivity contribution is -0.123. The number of hydrogen-bond donors (Lipinski definition) is 2. The summed E-state index contributed by atoms with van der Waals surface area (Å²) in [5.41, 5.74) is 1.17. The molecule has 0 aliphatic heterocycles. The third-order valence-electron chi connectivity index (χ3n) is 2.36. The molecule has 0 aromatic heterocycles. The summed E-state index contributed by atoms with van der Waals surface area (Å²) in [6.45, 7) is 3.69. The van der Waals surface area contributed by atoms with Gasteiger partial charge in [0, 0.05) is 6.04 Å². The van der Waals surface area contributed by atoms with Crippen LogP contribution in [0.25, 0.3) is 0 Å². The fraction of sp³-hybridized carbons (Fsp3) is 0.462. The van der Waals surface area contributed by atoms with Crippen LogP contribution in [0.5, 0.6) is 5.75 Å². The van der Waals surface area contributed by atoms with Crippen molar-refractivity contribution in [2.24, 2.45) is 0 Å². The number of aliphatic hydroxyl groups is 1. The Balaban J connectivity index is 2.41. The molecule has 4 heteroatoms. The number of rotatable bonds is 6. The topological polar surface area (TPSA) is 58.6 Å². The molecule has 0 saturated heterocycles. The zero-order chi connectivity index (χ0) is 12.7. The van der Waals surface area contributed by atoms with E-state index in [1.165, 1.54) is 5.56 Å². The second kappa shape index (κ2) is 6.91. The van der Waals surface area contributed by atoms with E-state index in [0.29, 0.717) is 5.75 Å². The van der Waals surface area contributed by atoms with Crippen LogP contribution in [-0.4, -0.2) is 30.3 Å². The first kappa shape index (κ1) is 13.5. The standard InChI is InChI=1S/C13H19NO3/c1-3-11-5-4-6-12(7-11)17-9-13(16)14-10(2)8-15/h4-7,10,15H,3,8-9H2,1-2H3,(H,14,16)/t10-/m1/s1. The van der Waals surface area contributed by atoms with E-state index in [9.17, 15) is 4.79 Å². The number of carbonyl (C=O) groups excluding carboxylic acids is 1. The minimum absolute atomic E-state index is 0.0303. The minimum atomic E-state index is -0.243. The molecule has 0 radical (unpaired) electrons. The van der Waals surface area contributed by atoms with E-state index >= 15 is 0 Å². The van der Waals surface area contributed by atoms with Crippen LogP contribution in [0.1, 0.15) is 19.4 Å². The molecule has 0 fully saturated rings. The van der Waals surface area contributed by atoms with Crippen LogP contribution < -0.4 is 10.1 Å². The molecule has 0 heterocycles. The van der Waals surface area contributed by atoms with Gasteiger partial charge in [0.25, 0.3) is 5.91 Å². The van der Waals surface area contributed by atoms with Crippen LogP contribution in [0, 0.1) is 0 Å². The Morgan fingerprint density at radius 3 is 2.94 bits per heavy atom. The first-order chi connectivity index (χ1) is 8.15. The minimum Gasteiger partial charge on any atom is -0.484 e. The van der Waals surface area contributed by atoms with Gasteiger partial charge in [0.2, 0.25) is 0 Å². The van der Waals surface area contributed by atoms with Crippen molar-refractivity contribution in [2.45, 2.75) is 26.3 Å². The summed E-state index contributed by atoms with van der Waals surface area (Å²) in [5, 5.41) is 11.4. The third kappa shape index (κ3) is 4.87. The third-order valence-corrected chi connectivity index (χ3v) is 2.36. The molecule has 2 N–H and O–H groups in total. The second-order valence-corrected chi connectivity index (χ2v) is 3.94. The molecule has 1 amide bonds. The van der Waals surface area contributed by atoms with Gasteiger partial charge in [-0.2, -0.15) is 0 Å². The molecule has 1 atom stereocenters. The van der Waals surface area contributed by atoms with Gasteiger partial charge in [-0.15, -0.1) is 0 Å². The maximum absolute atomic E-state index is 11.4. The van der Waals surface area contributed by atoms with Crippen molar-refractivity contribution < 1.29 is 14.6 Å². The fourth-order valence-electron chi connectivity index (χ4n) is 1.37. The zero-order valence-electron chi connectivity index (χ0n) is 10.3. The highest BCUT2D eigenvalue weighted by molar-refractivity contribution is 5.77. The quantitative estimate of drug-likeness (QED) is 0.779. The molecule has 0 spiro atoms. The van der Waals surface area contributed by atoms with Crippen molar-refractivity contribution in [1.29, 1.82) is 0 Å². The summed E-state index contributed by atoms with van der Waals surface area (Å²) < 4.78 is 5.36. The summed E-state index contributed by atoms with van der Waals surface area (Å²) in [6, 6.07) is 7.42. The van der Waals surface area contributed by atoms with Crippen molar-refractivity contribution in [2.75, 3.05) is 13.2 Å². The average molecular weight is 237 g/mol. The van der Waals surface area contributed by atoms with Crippen molar-refractivity contribution in [3.63, 3.8) is 0 Å². The van der Waals surface area contributed by atoms with Gasteiger partial charge in [-0.1, -0.05) is 19.1 Å². The Bertz CT molecular complexity index is 365. The molecule has 0 bridgehead atoms. The number of benzene rings is 1. The summed E-state index contributed by atoms with van der Waals surface area (Å²) in [7, 11) is 0. The van der Waals surface area contributed by atoms with Gasteiger partial charge < -0.3 is 15.2 Å². The molecule has 4 nitrogen and oxygen atoms in total. The van der Waals surface area contributed by atoms with Crippen LogP contribution >= 0.6 is 0 Å². The molecule has 94 valence electrons. The molecule has 1 aromatic carbocycles.